The van der Waals surface area contributed by atoms with E-state index in [1.165, 1.54) is 5.56 Å². The highest BCUT2D eigenvalue weighted by molar-refractivity contribution is 5.46. The SMILES string of the molecule is COC(C)(C)C.C[C@@H](NC1CCCN(C=O)CC1)c1ccccc1. The molecule has 1 aromatic rings. The number of ether oxygens (including phenoxy) is 1. The van der Waals surface area contributed by atoms with Crippen molar-refractivity contribution in [1.29, 1.82) is 0 Å². The first-order valence-electron chi connectivity index (χ1n) is 8.91. The molecule has 0 aliphatic carbocycles. The number of methoxy groups -OCH3 is 1. The van der Waals surface area contributed by atoms with Crippen molar-refractivity contribution in [3.63, 3.8) is 0 Å². The highest BCUT2D eigenvalue weighted by Crippen LogP contribution is 2.16. The van der Waals surface area contributed by atoms with Gasteiger partial charge in [-0.3, -0.25) is 4.79 Å². The van der Waals surface area contributed by atoms with Gasteiger partial charge < -0.3 is 15.0 Å². The molecule has 0 bridgehead atoms. The molecule has 24 heavy (non-hydrogen) atoms. The van der Waals surface area contributed by atoms with Crippen molar-refractivity contribution in [2.24, 2.45) is 0 Å². The summed E-state index contributed by atoms with van der Waals surface area (Å²) in [6, 6.07) is 11.4. The van der Waals surface area contributed by atoms with E-state index in [9.17, 15) is 4.79 Å². The molecule has 1 heterocycles. The summed E-state index contributed by atoms with van der Waals surface area (Å²) in [4.78, 5) is 12.7. The third kappa shape index (κ3) is 8.46. The van der Waals surface area contributed by atoms with Crippen LogP contribution in [-0.2, 0) is 9.53 Å². The number of nitrogens with one attached hydrogen (secondary N) is 1. The maximum absolute atomic E-state index is 10.8. The number of nitrogens with zero attached hydrogens (tertiary/aromatic N) is 1. The van der Waals surface area contributed by atoms with Gasteiger partial charge in [0.2, 0.25) is 6.41 Å². The highest BCUT2D eigenvalue weighted by atomic mass is 16.5. The van der Waals surface area contributed by atoms with Crippen LogP contribution in [0, 0.1) is 0 Å². The van der Waals surface area contributed by atoms with Crippen LogP contribution in [0.5, 0.6) is 0 Å². The molecule has 2 atom stereocenters. The quantitative estimate of drug-likeness (QED) is 0.852. The van der Waals surface area contributed by atoms with Gasteiger partial charge in [-0.1, -0.05) is 30.3 Å². The molecule has 1 aliphatic rings. The minimum atomic E-state index is 0.0417. The van der Waals surface area contributed by atoms with Crippen molar-refractivity contribution in [2.75, 3.05) is 20.2 Å². The Morgan fingerprint density at radius 2 is 1.83 bits per heavy atom. The van der Waals surface area contributed by atoms with E-state index in [1.54, 1.807) is 7.11 Å². The number of carbonyl (C=O) groups excluding carboxylic acids is 1. The predicted octanol–water partition coefficient (Wildman–Crippen LogP) is 3.78. The van der Waals surface area contributed by atoms with Gasteiger partial charge in [0.25, 0.3) is 0 Å². The van der Waals surface area contributed by atoms with Crippen LogP contribution in [0.4, 0.5) is 0 Å². The summed E-state index contributed by atoms with van der Waals surface area (Å²) >= 11 is 0. The van der Waals surface area contributed by atoms with Crippen LogP contribution in [0.15, 0.2) is 30.3 Å². The topological polar surface area (TPSA) is 41.6 Å². The molecule has 1 N–H and O–H groups in total. The molecule has 1 aliphatic heterocycles. The highest BCUT2D eigenvalue weighted by Gasteiger charge is 2.17. The van der Waals surface area contributed by atoms with Crippen molar-refractivity contribution in [2.45, 2.75) is 64.6 Å². The van der Waals surface area contributed by atoms with Gasteiger partial charge in [0.1, 0.15) is 0 Å². The summed E-state index contributed by atoms with van der Waals surface area (Å²) in [7, 11) is 1.71. The van der Waals surface area contributed by atoms with Crippen molar-refractivity contribution in [1.82, 2.24) is 10.2 Å². The molecular formula is C20H34N2O2. The van der Waals surface area contributed by atoms with Gasteiger partial charge in [-0.15, -0.1) is 0 Å². The van der Waals surface area contributed by atoms with Gasteiger partial charge in [0.05, 0.1) is 5.60 Å². The van der Waals surface area contributed by atoms with E-state index in [2.05, 4.69) is 36.5 Å². The minimum Gasteiger partial charge on any atom is -0.379 e. The second-order valence-electron chi connectivity index (χ2n) is 7.38. The Labute approximate surface area is 147 Å². The Kier molecular flexibility index (Phi) is 9.01. The molecule has 0 aromatic heterocycles. The zero-order valence-electron chi connectivity index (χ0n) is 15.9. The van der Waals surface area contributed by atoms with Crippen LogP contribution in [0.2, 0.25) is 0 Å². The summed E-state index contributed by atoms with van der Waals surface area (Å²) < 4.78 is 4.94. The number of likely N-dealkylation sites (tertiary alicyclic amines) is 1. The average Bonchev–Trinajstić information content (AvgIpc) is 2.80. The number of hydrogen-bond donors (Lipinski definition) is 1. The zero-order chi connectivity index (χ0) is 18.0. The van der Waals surface area contributed by atoms with Gasteiger partial charge in [-0.05, 0) is 52.5 Å². The van der Waals surface area contributed by atoms with E-state index in [0.717, 1.165) is 38.8 Å². The Morgan fingerprint density at radius 3 is 2.38 bits per heavy atom. The summed E-state index contributed by atoms with van der Waals surface area (Å²) in [6.07, 6.45) is 4.28. The molecule has 0 saturated carbocycles. The van der Waals surface area contributed by atoms with Crippen LogP contribution in [0.3, 0.4) is 0 Å². The molecule has 0 spiro atoms. The van der Waals surface area contributed by atoms with Gasteiger partial charge in [-0.2, -0.15) is 0 Å². The summed E-state index contributed by atoms with van der Waals surface area (Å²) in [5.74, 6) is 0. The number of amides is 1. The van der Waals surface area contributed by atoms with Gasteiger partial charge in [0.15, 0.2) is 0 Å². The first-order chi connectivity index (χ1) is 11.4. The van der Waals surface area contributed by atoms with Crippen LogP contribution in [-0.4, -0.2) is 43.2 Å². The lowest BCUT2D eigenvalue weighted by Crippen LogP contribution is -2.32. The molecule has 4 heteroatoms. The Balaban J connectivity index is 0.000000413. The number of carbonyl (C=O) groups is 1. The monoisotopic (exact) mass is 334 g/mol. The maximum atomic E-state index is 10.8. The molecule has 1 saturated heterocycles. The van der Waals surface area contributed by atoms with Gasteiger partial charge >= 0.3 is 0 Å². The van der Waals surface area contributed by atoms with Gasteiger partial charge in [-0.25, -0.2) is 0 Å². The molecule has 1 aromatic carbocycles. The van der Waals surface area contributed by atoms with E-state index < -0.39 is 0 Å². The van der Waals surface area contributed by atoms with E-state index in [4.69, 9.17) is 4.74 Å². The Hall–Kier alpha value is -1.39. The third-order valence-corrected chi connectivity index (χ3v) is 4.31. The largest absolute Gasteiger partial charge is 0.379 e. The van der Waals surface area contributed by atoms with Crippen LogP contribution < -0.4 is 5.32 Å². The lowest BCUT2D eigenvalue weighted by Gasteiger charge is -2.22. The smallest absolute Gasteiger partial charge is 0.209 e. The van der Waals surface area contributed by atoms with E-state index in [-0.39, 0.29) is 5.60 Å². The van der Waals surface area contributed by atoms with Crippen molar-refractivity contribution < 1.29 is 9.53 Å². The fourth-order valence-corrected chi connectivity index (χ4v) is 2.58. The van der Waals surface area contributed by atoms with E-state index in [0.29, 0.717) is 12.1 Å². The lowest BCUT2D eigenvalue weighted by atomic mass is 10.0. The van der Waals surface area contributed by atoms with Crippen LogP contribution in [0.25, 0.3) is 0 Å². The number of benzene rings is 1. The summed E-state index contributed by atoms with van der Waals surface area (Å²) in [6.45, 7) is 10.1. The first-order valence-corrected chi connectivity index (χ1v) is 8.91. The van der Waals surface area contributed by atoms with Crippen molar-refractivity contribution in [3.05, 3.63) is 35.9 Å². The molecule has 4 nitrogen and oxygen atoms in total. The molecule has 1 amide bonds. The first kappa shape index (κ1) is 20.7. The summed E-state index contributed by atoms with van der Waals surface area (Å²) in [5, 5.41) is 3.68. The van der Waals surface area contributed by atoms with E-state index in [1.807, 2.05) is 31.7 Å². The second-order valence-corrected chi connectivity index (χ2v) is 7.38. The average molecular weight is 335 g/mol. The Bertz CT molecular complexity index is 456. The lowest BCUT2D eigenvalue weighted by molar-refractivity contribution is -0.118. The third-order valence-electron chi connectivity index (χ3n) is 4.31. The molecule has 136 valence electrons. The summed E-state index contributed by atoms with van der Waals surface area (Å²) in [5.41, 5.74) is 1.37. The number of hydrogen-bond acceptors (Lipinski definition) is 3. The normalized spacial score (nSPS) is 19.7. The van der Waals surface area contributed by atoms with Crippen LogP contribution >= 0.6 is 0 Å². The fraction of sp³-hybridized carbons (Fsp3) is 0.650. The van der Waals surface area contributed by atoms with Crippen LogP contribution in [0.1, 0.15) is 58.6 Å². The van der Waals surface area contributed by atoms with Crippen molar-refractivity contribution in [3.8, 4) is 0 Å². The molecule has 2 rings (SSSR count). The van der Waals surface area contributed by atoms with E-state index >= 15 is 0 Å². The number of rotatable bonds is 4. The Morgan fingerprint density at radius 1 is 1.21 bits per heavy atom. The minimum absolute atomic E-state index is 0.0417. The molecule has 1 fully saturated rings. The van der Waals surface area contributed by atoms with Crippen molar-refractivity contribution >= 4 is 6.41 Å². The molecule has 1 unspecified atom stereocenters. The fourth-order valence-electron chi connectivity index (χ4n) is 2.58. The maximum Gasteiger partial charge on any atom is 0.209 e. The zero-order valence-corrected chi connectivity index (χ0v) is 15.9. The second kappa shape index (κ2) is 10.5. The van der Waals surface area contributed by atoms with Gasteiger partial charge in [0, 0.05) is 32.3 Å². The molecular weight excluding hydrogens is 300 g/mol. The molecule has 0 radical (unpaired) electrons. The predicted molar refractivity (Wildman–Crippen MR) is 100 cm³/mol. The standard InChI is InChI=1S/C15H22N2O.C5H12O/c1-13(14-6-3-2-4-7-14)16-15-8-5-10-17(12-18)11-9-15;1-5(2,3)6-4/h2-4,6-7,12-13,15-16H,5,8-11H2,1H3;1-4H3/t13-,15?;/m1./s1.